The predicted octanol–water partition coefficient (Wildman–Crippen LogP) is 3.13. The van der Waals surface area contributed by atoms with E-state index in [0.717, 1.165) is 36.6 Å². The summed E-state index contributed by atoms with van der Waals surface area (Å²) in [6, 6.07) is 3.77. The molecule has 0 unspecified atom stereocenters. The molecule has 2 aromatic rings. The van der Waals surface area contributed by atoms with E-state index in [-0.39, 0.29) is 0 Å². The van der Waals surface area contributed by atoms with Gasteiger partial charge < -0.3 is 4.74 Å². The van der Waals surface area contributed by atoms with E-state index in [0.29, 0.717) is 11.6 Å². The SMILES string of the molecule is CCCCC#COc1nsnc1-c1cccnc1. The van der Waals surface area contributed by atoms with E-state index in [1.165, 1.54) is 0 Å². The van der Waals surface area contributed by atoms with Gasteiger partial charge in [-0.3, -0.25) is 4.98 Å². The number of unbranched alkanes of at least 4 members (excludes halogenated alkanes) is 2. The van der Waals surface area contributed by atoms with Crippen LogP contribution < -0.4 is 4.74 Å². The van der Waals surface area contributed by atoms with E-state index in [4.69, 9.17) is 4.74 Å². The molecule has 0 fully saturated rings. The van der Waals surface area contributed by atoms with E-state index in [1.807, 2.05) is 12.1 Å². The Morgan fingerprint density at radius 3 is 3.11 bits per heavy atom. The van der Waals surface area contributed by atoms with Crippen molar-refractivity contribution in [2.24, 2.45) is 0 Å². The molecule has 0 aliphatic carbocycles. The molecule has 0 aliphatic rings. The van der Waals surface area contributed by atoms with Crippen LogP contribution in [0, 0.1) is 12.0 Å². The molecule has 0 aliphatic heterocycles. The van der Waals surface area contributed by atoms with Gasteiger partial charge in [0.2, 0.25) is 0 Å². The second kappa shape index (κ2) is 6.72. The van der Waals surface area contributed by atoms with E-state index < -0.39 is 0 Å². The Morgan fingerprint density at radius 1 is 1.39 bits per heavy atom. The van der Waals surface area contributed by atoms with Crippen LogP contribution in [0.3, 0.4) is 0 Å². The summed E-state index contributed by atoms with van der Waals surface area (Å²) in [5, 5.41) is 0. The van der Waals surface area contributed by atoms with Gasteiger partial charge in [0, 0.05) is 24.4 Å². The van der Waals surface area contributed by atoms with Crippen molar-refractivity contribution in [1.29, 1.82) is 0 Å². The number of pyridine rings is 1. The Balaban J connectivity index is 2.06. The molecule has 0 spiro atoms. The lowest BCUT2D eigenvalue weighted by atomic mass is 10.2. The van der Waals surface area contributed by atoms with Crippen molar-refractivity contribution in [2.45, 2.75) is 26.2 Å². The summed E-state index contributed by atoms with van der Waals surface area (Å²) in [6.07, 6.45) is 9.17. The average molecular weight is 259 g/mol. The molecule has 2 heterocycles. The van der Waals surface area contributed by atoms with Gasteiger partial charge >= 0.3 is 0 Å². The van der Waals surface area contributed by atoms with Crippen LogP contribution in [-0.4, -0.2) is 13.7 Å². The van der Waals surface area contributed by atoms with Gasteiger partial charge in [0.25, 0.3) is 5.88 Å². The van der Waals surface area contributed by atoms with Crippen molar-refractivity contribution in [3.8, 4) is 29.2 Å². The van der Waals surface area contributed by atoms with Gasteiger partial charge in [-0.05, 0) is 18.6 Å². The lowest BCUT2D eigenvalue weighted by molar-refractivity contribution is 0.504. The van der Waals surface area contributed by atoms with Crippen LogP contribution in [0.25, 0.3) is 11.3 Å². The monoisotopic (exact) mass is 259 g/mol. The summed E-state index contributed by atoms with van der Waals surface area (Å²) in [5.74, 6) is 3.41. The fourth-order valence-electron chi connectivity index (χ4n) is 1.33. The Labute approximate surface area is 110 Å². The number of aromatic nitrogens is 3. The van der Waals surface area contributed by atoms with Crippen molar-refractivity contribution in [3.63, 3.8) is 0 Å². The third kappa shape index (κ3) is 3.28. The van der Waals surface area contributed by atoms with Crippen LogP contribution in [0.15, 0.2) is 24.5 Å². The summed E-state index contributed by atoms with van der Waals surface area (Å²) in [7, 11) is 0. The summed E-state index contributed by atoms with van der Waals surface area (Å²) in [6.45, 7) is 2.13. The minimum Gasteiger partial charge on any atom is -0.384 e. The molecule has 18 heavy (non-hydrogen) atoms. The molecule has 2 aromatic heterocycles. The Bertz CT molecular complexity index is 542. The zero-order valence-corrected chi connectivity index (χ0v) is 10.9. The lowest BCUT2D eigenvalue weighted by Crippen LogP contribution is -1.87. The quantitative estimate of drug-likeness (QED) is 0.625. The summed E-state index contributed by atoms with van der Waals surface area (Å²) < 4.78 is 13.6. The smallest absolute Gasteiger partial charge is 0.270 e. The Hall–Kier alpha value is -1.93. The first-order chi connectivity index (χ1) is 8.92. The molecule has 4 nitrogen and oxygen atoms in total. The highest BCUT2D eigenvalue weighted by Gasteiger charge is 2.11. The molecule has 0 N–H and O–H groups in total. The number of nitrogens with zero attached hydrogens (tertiary/aromatic N) is 3. The topological polar surface area (TPSA) is 47.9 Å². The van der Waals surface area contributed by atoms with Gasteiger partial charge in [0.1, 0.15) is 6.11 Å². The molecule has 0 aromatic carbocycles. The maximum Gasteiger partial charge on any atom is 0.270 e. The maximum absolute atomic E-state index is 5.33. The predicted molar refractivity (Wildman–Crippen MR) is 71.1 cm³/mol. The molecule has 5 heteroatoms. The summed E-state index contributed by atoms with van der Waals surface area (Å²) in [4.78, 5) is 4.05. The van der Waals surface area contributed by atoms with E-state index in [2.05, 4.69) is 32.7 Å². The van der Waals surface area contributed by atoms with Gasteiger partial charge in [-0.15, -0.1) is 4.37 Å². The minimum atomic E-state index is 0.456. The first-order valence-corrected chi connectivity index (χ1v) is 6.52. The van der Waals surface area contributed by atoms with Crippen LogP contribution in [-0.2, 0) is 0 Å². The first-order valence-electron chi connectivity index (χ1n) is 5.79. The van der Waals surface area contributed by atoms with Gasteiger partial charge in [0.05, 0.1) is 11.7 Å². The first kappa shape index (κ1) is 12.5. The molecular formula is C13H13N3OS. The second-order valence-electron chi connectivity index (χ2n) is 3.64. The van der Waals surface area contributed by atoms with Gasteiger partial charge in [0.15, 0.2) is 5.69 Å². The third-order valence-corrected chi connectivity index (χ3v) is 2.78. The molecule has 0 bridgehead atoms. The summed E-state index contributed by atoms with van der Waals surface area (Å²) in [5.41, 5.74) is 1.58. The molecule has 0 amide bonds. The fraction of sp³-hybridized carbons (Fsp3) is 0.308. The van der Waals surface area contributed by atoms with Crippen molar-refractivity contribution < 1.29 is 4.74 Å². The largest absolute Gasteiger partial charge is 0.384 e. The Morgan fingerprint density at radius 2 is 2.33 bits per heavy atom. The standard InChI is InChI=1S/C13H13N3OS/c1-2-3-4-5-9-17-13-12(15-18-16-13)11-7-6-8-14-10-11/h6-8,10H,2-4H2,1H3. The fourth-order valence-corrected chi connectivity index (χ4v) is 1.83. The van der Waals surface area contributed by atoms with Crippen molar-refractivity contribution in [1.82, 2.24) is 13.7 Å². The molecule has 0 atom stereocenters. The molecular weight excluding hydrogens is 246 g/mol. The molecule has 92 valence electrons. The summed E-state index contributed by atoms with van der Waals surface area (Å²) >= 11 is 1.11. The highest BCUT2D eigenvalue weighted by molar-refractivity contribution is 6.99. The maximum atomic E-state index is 5.33. The van der Waals surface area contributed by atoms with E-state index >= 15 is 0 Å². The minimum absolute atomic E-state index is 0.456. The van der Waals surface area contributed by atoms with Crippen LogP contribution >= 0.6 is 11.7 Å². The van der Waals surface area contributed by atoms with Crippen molar-refractivity contribution >= 4 is 11.7 Å². The number of hydrogen-bond donors (Lipinski definition) is 0. The van der Waals surface area contributed by atoms with Gasteiger partial charge in [-0.1, -0.05) is 19.3 Å². The van der Waals surface area contributed by atoms with E-state index in [1.54, 1.807) is 12.4 Å². The zero-order valence-electron chi connectivity index (χ0n) is 10.1. The van der Waals surface area contributed by atoms with Crippen LogP contribution in [0.2, 0.25) is 0 Å². The zero-order chi connectivity index (χ0) is 12.6. The van der Waals surface area contributed by atoms with Crippen molar-refractivity contribution in [2.75, 3.05) is 0 Å². The number of hydrogen-bond acceptors (Lipinski definition) is 5. The molecule has 0 saturated carbocycles. The molecule has 0 saturated heterocycles. The van der Waals surface area contributed by atoms with E-state index in [9.17, 15) is 0 Å². The number of ether oxygens (including phenoxy) is 1. The average Bonchev–Trinajstić information content (AvgIpc) is 2.88. The lowest BCUT2D eigenvalue weighted by Gasteiger charge is -1.96. The molecule has 2 rings (SSSR count). The highest BCUT2D eigenvalue weighted by Crippen LogP contribution is 2.26. The number of rotatable bonds is 4. The van der Waals surface area contributed by atoms with Crippen LogP contribution in [0.1, 0.15) is 26.2 Å². The Kier molecular flexibility index (Phi) is 4.68. The highest BCUT2D eigenvalue weighted by atomic mass is 32.1. The normalized spacial score (nSPS) is 9.61. The van der Waals surface area contributed by atoms with Crippen LogP contribution in [0.5, 0.6) is 5.88 Å². The third-order valence-electron chi connectivity index (χ3n) is 2.27. The van der Waals surface area contributed by atoms with Gasteiger partial charge in [-0.2, -0.15) is 4.37 Å². The van der Waals surface area contributed by atoms with Crippen molar-refractivity contribution in [3.05, 3.63) is 24.5 Å². The second-order valence-corrected chi connectivity index (χ2v) is 4.17. The molecule has 0 radical (unpaired) electrons. The van der Waals surface area contributed by atoms with Crippen LogP contribution in [0.4, 0.5) is 0 Å². The van der Waals surface area contributed by atoms with Gasteiger partial charge in [-0.25, -0.2) is 0 Å².